The van der Waals surface area contributed by atoms with Gasteiger partial charge in [-0.05, 0) is 50.4 Å². The molecule has 0 aliphatic heterocycles. The van der Waals surface area contributed by atoms with Gasteiger partial charge in [-0.2, -0.15) is 0 Å². The van der Waals surface area contributed by atoms with Crippen molar-refractivity contribution in [3.8, 4) is 11.5 Å². The summed E-state index contributed by atoms with van der Waals surface area (Å²) in [5.74, 6) is 3.22. The minimum absolute atomic E-state index is 0.427. The third-order valence-electron chi connectivity index (χ3n) is 5.31. The topological polar surface area (TPSA) is 56.5 Å². The summed E-state index contributed by atoms with van der Waals surface area (Å²) in [6.07, 6.45) is 6.93. The number of hydrogen-bond donors (Lipinski definition) is 1. The van der Waals surface area contributed by atoms with Crippen LogP contribution in [0.3, 0.4) is 0 Å². The predicted octanol–water partition coefficient (Wildman–Crippen LogP) is 4.55. The lowest BCUT2D eigenvalue weighted by molar-refractivity contribution is 0.281. The smallest absolute Gasteiger partial charge is 0.161 e. The van der Waals surface area contributed by atoms with Crippen LogP contribution in [-0.4, -0.2) is 18.8 Å². The van der Waals surface area contributed by atoms with E-state index in [4.69, 9.17) is 14.0 Å². The fourth-order valence-corrected chi connectivity index (χ4v) is 3.64. The van der Waals surface area contributed by atoms with Crippen molar-refractivity contribution < 1.29 is 14.0 Å². The van der Waals surface area contributed by atoms with Gasteiger partial charge in [0.2, 0.25) is 0 Å². The molecule has 0 unspecified atom stereocenters. The number of nitrogens with one attached hydrogen (secondary N) is 1. The molecule has 1 N–H and O–H groups in total. The van der Waals surface area contributed by atoms with E-state index >= 15 is 0 Å². The lowest BCUT2D eigenvalue weighted by Crippen LogP contribution is -2.17. The van der Waals surface area contributed by atoms with Gasteiger partial charge in [0.1, 0.15) is 12.4 Å². The molecule has 1 aliphatic carbocycles. The van der Waals surface area contributed by atoms with Crippen molar-refractivity contribution in [2.45, 2.75) is 59.1 Å². The van der Waals surface area contributed by atoms with Gasteiger partial charge in [0.25, 0.3) is 0 Å². The molecule has 0 spiro atoms. The molecule has 1 aromatic heterocycles. The van der Waals surface area contributed by atoms with Gasteiger partial charge >= 0.3 is 0 Å². The SMILES string of the molecule is COc1cc(CNCCC2CCCC2)ccc1OCc1c(C)noc1C. The number of aromatic nitrogens is 1. The van der Waals surface area contributed by atoms with Crippen LogP contribution in [0, 0.1) is 19.8 Å². The van der Waals surface area contributed by atoms with Gasteiger partial charge in [-0.3, -0.25) is 0 Å². The molecular formula is C21H30N2O3. The van der Waals surface area contributed by atoms with Crippen LogP contribution >= 0.6 is 0 Å². The Morgan fingerprint density at radius 3 is 2.69 bits per heavy atom. The predicted molar refractivity (Wildman–Crippen MR) is 102 cm³/mol. The first-order chi connectivity index (χ1) is 12.7. The summed E-state index contributed by atoms with van der Waals surface area (Å²) < 4.78 is 16.6. The Bertz CT molecular complexity index is 686. The van der Waals surface area contributed by atoms with Gasteiger partial charge in [0.05, 0.1) is 18.4 Å². The highest BCUT2D eigenvalue weighted by Crippen LogP contribution is 2.30. The average Bonchev–Trinajstić information content (AvgIpc) is 3.28. The van der Waals surface area contributed by atoms with Crippen LogP contribution in [0.1, 0.15) is 54.7 Å². The Kier molecular flexibility index (Phi) is 6.56. The molecule has 5 nitrogen and oxygen atoms in total. The zero-order valence-electron chi connectivity index (χ0n) is 16.1. The summed E-state index contributed by atoms with van der Waals surface area (Å²) in [4.78, 5) is 0. The van der Waals surface area contributed by atoms with Crippen molar-refractivity contribution in [2.24, 2.45) is 5.92 Å². The lowest BCUT2D eigenvalue weighted by atomic mass is 10.0. The maximum absolute atomic E-state index is 5.94. The fraction of sp³-hybridized carbons (Fsp3) is 0.571. The van der Waals surface area contributed by atoms with E-state index in [1.165, 1.54) is 37.7 Å². The van der Waals surface area contributed by atoms with Gasteiger partial charge in [0, 0.05) is 6.54 Å². The summed E-state index contributed by atoms with van der Waals surface area (Å²) in [6.45, 7) is 6.18. The highest BCUT2D eigenvalue weighted by Gasteiger charge is 2.14. The Morgan fingerprint density at radius 2 is 2.00 bits per heavy atom. The normalized spacial score (nSPS) is 14.7. The molecule has 0 bridgehead atoms. The molecule has 0 amide bonds. The monoisotopic (exact) mass is 358 g/mol. The van der Waals surface area contributed by atoms with E-state index in [1.54, 1.807) is 7.11 Å². The molecule has 3 rings (SSSR count). The van der Waals surface area contributed by atoms with E-state index in [-0.39, 0.29) is 0 Å². The first kappa shape index (κ1) is 18.8. The second kappa shape index (κ2) is 9.08. The number of rotatable bonds is 9. The Labute approximate surface area is 156 Å². The first-order valence-corrected chi connectivity index (χ1v) is 9.59. The fourth-order valence-electron chi connectivity index (χ4n) is 3.64. The van der Waals surface area contributed by atoms with Crippen LogP contribution in [0.5, 0.6) is 11.5 Å². The van der Waals surface area contributed by atoms with Crippen LogP contribution in [0.2, 0.25) is 0 Å². The number of ether oxygens (including phenoxy) is 2. The van der Waals surface area contributed by atoms with Gasteiger partial charge in [-0.15, -0.1) is 0 Å². The van der Waals surface area contributed by atoms with Crippen molar-refractivity contribution in [2.75, 3.05) is 13.7 Å². The van der Waals surface area contributed by atoms with Gasteiger partial charge < -0.3 is 19.3 Å². The van der Waals surface area contributed by atoms with Crippen molar-refractivity contribution in [1.82, 2.24) is 10.5 Å². The summed E-state index contributed by atoms with van der Waals surface area (Å²) >= 11 is 0. The van der Waals surface area contributed by atoms with Crippen molar-refractivity contribution >= 4 is 0 Å². The quantitative estimate of drug-likeness (QED) is 0.667. The maximum atomic E-state index is 5.94. The number of aryl methyl sites for hydroxylation is 2. The second-order valence-corrected chi connectivity index (χ2v) is 7.19. The Hall–Kier alpha value is -2.01. The largest absolute Gasteiger partial charge is 0.493 e. The van der Waals surface area contributed by atoms with E-state index in [2.05, 4.69) is 16.5 Å². The van der Waals surface area contributed by atoms with Crippen LogP contribution < -0.4 is 14.8 Å². The molecule has 142 valence electrons. The summed E-state index contributed by atoms with van der Waals surface area (Å²) in [5.41, 5.74) is 3.06. The lowest BCUT2D eigenvalue weighted by Gasteiger charge is -2.13. The van der Waals surface area contributed by atoms with Crippen molar-refractivity contribution in [3.63, 3.8) is 0 Å². The minimum Gasteiger partial charge on any atom is -0.493 e. The molecule has 1 fully saturated rings. The van der Waals surface area contributed by atoms with E-state index in [9.17, 15) is 0 Å². The summed E-state index contributed by atoms with van der Waals surface area (Å²) in [6, 6.07) is 6.12. The van der Waals surface area contributed by atoms with Gasteiger partial charge in [0.15, 0.2) is 11.5 Å². The molecule has 1 heterocycles. The molecule has 1 saturated carbocycles. The zero-order valence-corrected chi connectivity index (χ0v) is 16.1. The molecule has 1 aromatic carbocycles. The van der Waals surface area contributed by atoms with E-state index in [0.29, 0.717) is 6.61 Å². The molecule has 5 heteroatoms. The third-order valence-corrected chi connectivity index (χ3v) is 5.31. The highest BCUT2D eigenvalue weighted by atomic mass is 16.5. The molecule has 1 aliphatic rings. The van der Waals surface area contributed by atoms with Crippen LogP contribution in [-0.2, 0) is 13.2 Å². The first-order valence-electron chi connectivity index (χ1n) is 9.59. The zero-order chi connectivity index (χ0) is 18.4. The van der Waals surface area contributed by atoms with Gasteiger partial charge in [-0.1, -0.05) is 36.9 Å². The Morgan fingerprint density at radius 1 is 1.19 bits per heavy atom. The van der Waals surface area contributed by atoms with Crippen molar-refractivity contribution in [3.05, 3.63) is 40.8 Å². The summed E-state index contributed by atoms with van der Waals surface area (Å²) in [5, 5.41) is 7.51. The standard InChI is InChI=1S/C21H30N2O3/c1-15-19(16(2)26-23-15)14-25-20-9-8-18(12-21(20)24-3)13-22-11-10-17-6-4-5-7-17/h8-9,12,17,22H,4-7,10-11,13-14H2,1-3H3. The number of nitrogens with zero attached hydrogens (tertiary/aromatic N) is 1. The van der Waals surface area contributed by atoms with E-state index < -0.39 is 0 Å². The molecule has 0 saturated heterocycles. The number of hydrogen-bond acceptors (Lipinski definition) is 5. The molecule has 0 atom stereocenters. The molecule has 0 radical (unpaired) electrons. The molecule has 2 aromatic rings. The summed E-state index contributed by atoms with van der Waals surface area (Å²) in [7, 11) is 1.68. The maximum Gasteiger partial charge on any atom is 0.161 e. The van der Waals surface area contributed by atoms with Crippen LogP contribution in [0.4, 0.5) is 0 Å². The third kappa shape index (κ3) is 4.79. The molecule has 26 heavy (non-hydrogen) atoms. The number of benzene rings is 1. The van der Waals surface area contributed by atoms with E-state index in [0.717, 1.165) is 47.5 Å². The number of methoxy groups -OCH3 is 1. The average molecular weight is 358 g/mol. The van der Waals surface area contributed by atoms with Gasteiger partial charge in [-0.25, -0.2) is 0 Å². The van der Waals surface area contributed by atoms with Crippen molar-refractivity contribution in [1.29, 1.82) is 0 Å². The molecular weight excluding hydrogens is 328 g/mol. The van der Waals surface area contributed by atoms with Crippen LogP contribution in [0.15, 0.2) is 22.7 Å². The minimum atomic E-state index is 0.427. The van der Waals surface area contributed by atoms with E-state index in [1.807, 2.05) is 26.0 Å². The highest BCUT2D eigenvalue weighted by molar-refractivity contribution is 5.43. The van der Waals surface area contributed by atoms with Crippen LogP contribution in [0.25, 0.3) is 0 Å². The Balaban J connectivity index is 1.51. The second-order valence-electron chi connectivity index (χ2n) is 7.19.